The molecule has 4 rings (SSSR count). The number of nitrogens with two attached hydrogens (primary N) is 1. The van der Waals surface area contributed by atoms with Gasteiger partial charge in [0.05, 0.1) is 10.9 Å². The molecule has 2 atom stereocenters. The van der Waals surface area contributed by atoms with E-state index >= 15 is 0 Å². The zero-order valence-corrected chi connectivity index (χ0v) is 16.9. The molecule has 3 aromatic rings. The van der Waals surface area contributed by atoms with Crippen LogP contribution in [0.25, 0.3) is 22.3 Å². The van der Waals surface area contributed by atoms with Crippen molar-refractivity contribution in [3.8, 4) is 11.4 Å². The maximum absolute atomic E-state index is 13.3. The highest BCUT2D eigenvalue weighted by Gasteiger charge is 2.23. The van der Waals surface area contributed by atoms with E-state index in [4.69, 9.17) is 10.7 Å². The predicted molar refractivity (Wildman–Crippen MR) is 114 cm³/mol. The van der Waals surface area contributed by atoms with Gasteiger partial charge in [-0.15, -0.1) is 0 Å². The molecule has 4 nitrogen and oxygen atoms in total. The summed E-state index contributed by atoms with van der Waals surface area (Å²) in [5.41, 5.74) is 7.68. The molecule has 1 aliphatic rings. The summed E-state index contributed by atoms with van der Waals surface area (Å²) >= 11 is 3.48. The second-order valence-electron chi connectivity index (χ2n) is 7.51. The lowest BCUT2D eigenvalue weighted by Crippen LogP contribution is -2.30. The van der Waals surface area contributed by atoms with Crippen LogP contribution in [0.1, 0.15) is 25.7 Å². The Labute approximate surface area is 167 Å². The van der Waals surface area contributed by atoms with E-state index in [0.717, 1.165) is 40.8 Å². The maximum Gasteiger partial charge on any atom is 0.261 e. The molecule has 1 aliphatic carbocycles. The third-order valence-corrected chi connectivity index (χ3v) is 6.16. The van der Waals surface area contributed by atoms with Gasteiger partial charge in [-0.2, -0.15) is 0 Å². The molecule has 1 aromatic heterocycles. The number of rotatable bonds is 4. The molecule has 1 saturated carbocycles. The summed E-state index contributed by atoms with van der Waals surface area (Å²) in [4.78, 5) is 18.2. The molecular weight excluding hydrogens is 402 g/mol. The van der Waals surface area contributed by atoms with Gasteiger partial charge in [-0.25, -0.2) is 4.98 Å². The van der Waals surface area contributed by atoms with Crippen molar-refractivity contribution in [1.82, 2.24) is 9.55 Å². The summed E-state index contributed by atoms with van der Waals surface area (Å²) < 4.78 is 2.90. The number of nitrogens with zero attached hydrogens (tertiary/aromatic N) is 2. The lowest BCUT2D eigenvalue weighted by molar-refractivity contribution is 0.246. The Morgan fingerprint density at radius 1 is 1.07 bits per heavy atom. The minimum absolute atomic E-state index is 0.0494. The molecule has 5 heteroatoms. The molecule has 0 spiro atoms. The number of halogens is 1. The molecule has 0 amide bonds. The number of benzene rings is 2. The summed E-state index contributed by atoms with van der Waals surface area (Å²) in [5, 5.41) is 0.685. The smallest absolute Gasteiger partial charge is 0.261 e. The largest absolute Gasteiger partial charge is 0.330 e. The minimum Gasteiger partial charge on any atom is -0.330 e. The van der Waals surface area contributed by atoms with Crippen LogP contribution < -0.4 is 11.3 Å². The van der Waals surface area contributed by atoms with Crippen molar-refractivity contribution in [2.45, 2.75) is 32.2 Å². The highest BCUT2D eigenvalue weighted by molar-refractivity contribution is 9.10. The molecule has 1 fully saturated rings. The van der Waals surface area contributed by atoms with Gasteiger partial charge in [0.2, 0.25) is 0 Å². The zero-order chi connectivity index (χ0) is 18.8. The lowest BCUT2D eigenvalue weighted by atomic mass is 9.81. The number of fused-ring (bicyclic) bond motifs is 1. The van der Waals surface area contributed by atoms with Crippen molar-refractivity contribution >= 4 is 26.8 Å². The van der Waals surface area contributed by atoms with Crippen LogP contribution in [0, 0.1) is 11.8 Å². The SMILES string of the molecule is NCC1CCCC(Cn2c(-c3ccc(Br)cc3)nc3ccccc3c2=O)C1. The Morgan fingerprint density at radius 3 is 2.59 bits per heavy atom. The van der Waals surface area contributed by atoms with Gasteiger partial charge >= 0.3 is 0 Å². The van der Waals surface area contributed by atoms with Gasteiger partial charge < -0.3 is 5.73 Å². The van der Waals surface area contributed by atoms with E-state index in [1.54, 1.807) is 0 Å². The Kier molecular flexibility index (Phi) is 5.41. The number of para-hydroxylation sites is 1. The molecule has 2 unspecified atom stereocenters. The first-order chi connectivity index (χ1) is 13.2. The molecule has 0 radical (unpaired) electrons. The standard InChI is InChI=1S/C22H24BrN3O/c23-18-10-8-17(9-11-18)21-25-20-7-2-1-6-19(20)22(27)26(21)14-16-5-3-4-15(12-16)13-24/h1-2,6-11,15-16H,3-5,12-14,24H2. The van der Waals surface area contributed by atoms with Crippen molar-refractivity contribution in [3.63, 3.8) is 0 Å². The van der Waals surface area contributed by atoms with Crippen molar-refractivity contribution in [2.75, 3.05) is 6.54 Å². The van der Waals surface area contributed by atoms with E-state index in [2.05, 4.69) is 15.9 Å². The topological polar surface area (TPSA) is 60.9 Å². The van der Waals surface area contributed by atoms with Gasteiger partial charge in [0, 0.05) is 16.6 Å². The average molecular weight is 426 g/mol. The van der Waals surface area contributed by atoms with Crippen LogP contribution in [0.3, 0.4) is 0 Å². The third kappa shape index (κ3) is 3.85. The Hall–Kier alpha value is -1.98. The molecule has 0 aliphatic heterocycles. The molecule has 1 heterocycles. The fraction of sp³-hybridized carbons (Fsp3) is 0.364. The summed E-state index contributed by atoms with van der Waals surface area (Å²) in [7, 11) is 0. The fourth-order valence-electron chi connectivity index (χ4n) is 4.20. The lowest BCUT2D eigenvalue weighted by Gasteiger charge is -2.29. The summed E-state index contributed by atoms with van der Waals surface area (Å²) in [6.45, 7) is 1.44. The Morgan fingerprint density at radius 2 is 1.81 bits per heavy atom. The molecule has 27 heavy (non-hydrogen) atoms. The van der Waals surface area contributed by atoms with Crippen molar-refractivity contribution in [1.29, 1.82) is 0 Å². The van der Waals surface area contributed by atoms with E-state index in [9.17, 15) is 4.79 Å². The normalized spacial score (nSPS) is 20.1. The molecule has 0 bridgehead atoms. The van der Waals surface area contributed by atoms with Gasteiger partial charge in [-0.1, -0.05) is 46.6 Å². The predicted octanol–water partition coefficient (Wildman–Crippen LogP) is 4.59. The summed E-state index contributed by atoms with van der Waals surface area (Å²) in [5.74, 6) is 1.80. The van der Waals surface area contributed by atoms with Gasteiger partial charge in [-0.05, 0) is 61.9 Å². The third-order valence-electron chi connectivity index (χ3n) is 5.63. The second kappa shape index (κ2) is 7.95. The zero-order valence-electron chi connectivity index (χ0n) is 15.3. The van der Waals surface area contributed by atoms with Gasteiger partial charge in [0.1, 0.15) is 5.82 Å². The first-order valence-corrected chi connectivity index (χ1v) is 10.4. The first-order valence-electron chi connectivity index (χ1n) is 9.61. The quantitative estimate of drug-likeness (QED) is 0.664. The van der Waals surface area contributed by atoms with Gasteiger partial charge in [0.15, 0.2) is 0 Å². The van der Waals surface area contributed by atoms with Gasteiger partial charge in [0.25, 0.3) is 5.56 Å². The molecule has 0 saturated heterocycles. The Bertz CT molecular complexity index is 997. The fourth-order valence-corrected chi connectivity index (χ4v) is 4.46. The average Bonchev–Trinajstić information content (AvgIpc) is 2.71. The summed E-state index contributed by atoms with van der Waals surface area (Å²) in [6, 6.07) is 15.6. The number of hydrogen-bond acceptors (Lipinski definition) is 3. The van der Waals surface area contributed by atoms with Crippen LogP contribution in [0.15, 0.2) is 57.8 Å². The van der Waals surface area contributed by atoms with E-state index in [0.29, 0.717) is 23.8 Å². The van der Waals surface area contributed by atoms with E-state index in [1.165, 1.54) is 12.8 Å². The molecule has 140 valence electrons. The minimum atomic E-state index is 0.0494. The van der Waals surface area contributed by atoms with Crippen LogP contribution in [0.2, 0.25) is 0 Å². The first kappa shape index (κ1) is 18.4. The Balaban J connectivity index is 1.81. The maximum atomic E-state index is 13.3. The van der Waals surface area contributed by atoms with Crippen LogP contribution >= 0.6 is 15.9 Å². The van der Waals surface area contributed by atoms with E-state index in [1.807, 2.05) is 53.1 Å². The van der Waals surface area contributed by atoms with Crippen molar-refractivity contribution in [3.05, 3.63) is 63.4 Å². The van der Waals surface area contributed by atoms with Crippen LogP contribution in [-0.4, -0.2) is 16.1 Å². The van der Waals surface area contributed by atoms with Crippen molar-refractivity contribution < 1.29 is 0 Å². The number of aromatic nitrogens is 2. The highest BCUT2D eigenvalue weighted by Crippen LogP contribution is 2.30. The van der Waals surface area contributed by atoms with Crippen molar-refractivity contribution in [2.24, 2.45) is 17.6 Å². The molecular formula is C22H24BrN3O. The van der Waals surface area contributed by atoms with Crippen LogP contribution in [0.4, 0.5) is 0 Å². The monoisotopic (exact) mass is 425 g/mol. The van der Waals surface area contributed by atoms with E-state index < -0.39 is 0 Å². The van der Waals surface area contributed by atoms with E-state index in [-0.39, 0.29) is 5.56 Å². The van der Waals surface area contributed by atoms with Crippen LogP contribution in [0.5, 0.6) is 0 Å². The molecule has 2 aromatic carbocycles. The van der Waals surface area contributed by atoms with Gasteiger partial charge in [-0.3, -0.25) is 9.36 Å². The second-order valence-corrected chi connectivity index (χ2v) is 8.43. The van der Waals surface area contributed by atoms with Crippen LogP contribution in [-0.2, 0) is 6.54 Å². The highest BCUT2D eigenvalue weighted by atomic mass is 79.9. The number of hydrogen-bond donors (Lipinski definition) is 1. The summed E-state index contributed by atoms with van der Waals surface area (Å²) in [6.07, 6.45) is 4.64. The molecule has 2 N–H and O–H groups in total.